The average Bonchev–Trinajstić information content (AvgIpc) is 2.26. The first kappa shape index (κ1) is 12.6. The van der Waals surface area contributed by atoms with Gasteiger partial charge >= 0.3 is 0 Å². The second-order valence-electron chi connectivity index (χ2n) is 3.86. The van der Waals surface area contributed by atoms with Crippen LogP contribution in [-0.4, -0.2) is 47.7 Å². The van der Waals surface area contributed by atoms with E-state index in [9.17, 15) is 0 Å². The molecular weight excluding hydrogens is 212 g/mol. The highest BCUT2D eigenvalue weighted by atomic mass is 32.2. The molecule has 1 unspecified atom stereocenters. The number of nitrogens with two attached hydrogens (primary N) is 2. The Bertz CT molecular complexity index is 222. The van der Waals surface area contributed by atoms with Gasteiger partial charge in [0.05, 0.1) is 12.7 Å². The summed E-state index contributed by atoms with van der Waals surface area (Å²) >= 11 is 1.45. The van der Waals surface area contributed by atoms with Gasteiger partial charge in [0.1, 0.15) is 0 Å². The van der Waals surface area contributed by atoms with Crippen molar-refractivity contribution in [2.24, 2.45) is 16.7 Å². The van der Waals surface area contributed by atoms with E-state index < -0.39 is 0 Å². The van der Waals surface area contributed by atoms with Crippen molar-refractivity contribution in [1.82, 2.24) is 4.90 Å². The maximum absolute atomic E-state index is 5.64. The molecule has 5 nitrogen and oxygen atoms in total. The van der Waals surface area contributed by atoms with Crippen LogP contribution >= 0.6 is 11.8 Å². The average molecular weight is 232 g/mol. The third-order valence-corrected chi connectivity index (χ3v) is 3.38. The Balaban J connectivity index is 2.30. The largest absolute Gasteiger partial charge is 0.377 e. The number of hydrogen-bond donors (Lipinski definition) is 2. The van der Waals surface area contributed by atoms with Crippen molar-refractivity contribution < 1.29 is 4.74 Å². The molecule has 1 fully saturated rings. The molecule has 1 heterocycles. The van der Waals surface area contributed by atoms with E-state index in [2.05, 4.69) is 23.8 Å². The van der Waals surface area contributed by atoms with E-state index in [4.69, 9.17) is 16.3 Å². The zero-order valence-electron chi connectivity index (χ0n) is 9.35. The van der Waals surface area contributed by atoms with Gasteiger partial charge in [-0.3, -0.25) is 4.90 Å². The van der Waals surface area contributed by atoms with Gasteiger partial charge in [-0.05, 0) is 13.8 Å². The second-order valence-corrected chi connectivity index (χ2v) is 4.90. The lowest BCUT2D eigenvalue weighted by Gasteiger charge is -2.35. The molecule has 1 aliphatic heterocycles. The zero-order valence-corrected chi connectivity index (χ0v) is 10.2. The summed E-state index contributed by atoms with van der Waals surface area (Å²) in [7, 11) is 0. The van der Waals surface area contributed by atoms with Crippen molar-refractivity contribution in [3.05, 3.63) is 0 Å². The van der Waals surface area contributed by atoms with Crippen molar-refractivity contribution in [2.75, 3.05) is 25.4 Å². The fourth-order valence-corrected chi connectivity index (χ4v) is 2.16. The first-order valence-electron chi connectivity index (χ1n) is 5.15. The molecule has 0 aliphatic carbocycles. The summed E-state index contributed by atoms with van der Waals surface area (Å²) in [6, 6.07) is 0.571. The molecule has 0 aromatic carbocycles. The molecule has 0 radical (unpaired) electrons. The Kier molecular flexibility index (Phi) is 5.21. The van der Waals surface area contributed by atoms with Gasteiger partial charge in [-0.25, -0.2) is 0 Å². The van der Waals surface area contributed by atoms with Crippen LogP contribution in [0.5, 0.6) is 0 Å². The lowest BCUT2D eigenvalue weighted by molar-refractivity contribution is -0.0264. The molecule has 0 amide bonds. The first-order chi connectivity index (χ1) is 7.13. The van der Waals surface area contributed by atoms with Gasteiger partial charge < -0.3 is 16.3 Å². The molecule has 4 N–H and O–H groups in total. The highest BCUT2D eigenvalue weighted by Crippen LogP contribution is 2.13. The van der Waals surface area contributed by atoms with Gasteiger partial charge in [-0.15, -0.1) is 0 Å². The van der Waals surface area contributed by atoms with Crippen LogP contribution in [0.3, 0.4) is 0 Å². The van der Waals surface area contributed by atoms with Crippen molar-refractivity contribution in [3.63, 3.8) is 0 Å². The predicted molar refractivity (Wildman–Crippen MR) is 64.7 cm³/mol. The lowest BCUT2D eigenvalue weighted by atomic mass is 10.2. The van der Waals surface area contributed by atoms with Crippen molar-refractivity contribution >= 4 is 16.9 Å². The SMILES string of the molecule is CC(C)N1CCOC(CSC(N)=NN)C1. The fourth-order valence-electron chi connectivity index (χ4n) is 1.53. The van der Waals surface area contributed by atoms with Crippen LogP contribution in [0.15, 0.2) is 5.10 Å². The number of rotatable bonds is 3. The van der Waals surface area contributed by atoms with Crippen LogP contribution in [0, 0.1) is 0 Å². The fraction of sp³-hybridized carbons (Fsp3) is 0.889. The van der Waals surface area contributed by atoms with Crippen molar-refractivity contribution in [2.45, 2.75) is 26.0 Å². The summed E-state index contributed by atoms with van der Waals surface area (Å²) in [4.78, 5) is 2.41. The summed E-state index contributed by atoms with van der Waals surface area (Å²) in [5.41, 5.74) is 5.50. The van der Waals surface area contributed by atoms with Gasteiger partial charge in [-0.1, -0.05) is 11.8 Å². The smallest absolute Gasteiger partial charge is 0.177 e. The Labute approximate surface area is 95.2 Å². The van der Waals surface area contributed by atoms with Gasteiger partial charge in [0, 0.05) is 24.9 Å². The number of amidine groups is 1. The summed E-state index contributed by atoms with van der Waals surface area (Å²) in [6.45, 7) is 7.17. The standard InChI is InChI=1S/C9H20N4OS/c1-7(2)13-3-4-14-8(5-13)6-15-9(10)12-11/h7-8H,3-6,11H2,1-2H3,(H2,10,12). The Morgan fingerprint density at radius 3 is 3.00 bits per heavy atom. The lowest BCUT2D eigenvalue weighted by Crippen LogP contribution is -2.46. The quantitative estimate of drug-likeness (QED) is 0.310. The van der Waals surface area contributed by atoms with Gasteiger partial charge in [0.15, 0.2) is 5.17 Å². The summed E-state index contributed by atoms with van der Waals surface area (Å²) < 4.78 is 5.64. The Morgan fingerprint density at radius 1 is 1.67 bits per heavy atom. The first-order valence-corrected chi connectivity index (χ1v) is 6.14. The second kappa shape index (κ2) is 6.19. The molecule has 1 rings (SSSR count). The maximum Gasteiger partial charge on any atom is 0.177 e. The predicted octanol–water partition coefficient (Wildman–Crippen LogP) is 0.0172. The van der Waals surface area contributed by atoms with Gasteiger partial charge in [0.2, 0.25) is 0 Å². The van der Waals surface area contributed by atoms with Crippen molar-refractivity contribution in [1.29, 1.82) is 0 Å². The third-order valence-electron chi connectivity index (χ3n) is 2.44. The van der Waals surface area contributed by atoms with E-state index in [-0.39, 0.29) is 6.10 Å². The summed E-state index contributed by atoms with van der Waals surface area (Å²) in [6.07, 6.45) is 0.228. The number of morpholine rings is 1. The van der Waals surface area contributed by atoms with E-state index in [1.165, 1.54) is 11.8 Å². The minimum Gasteiger partial charge on any atom is -0.377 e. The third kappa shape index (κ3) is 4.27. The number of hydrazone groups is 1. The van der Waals surface area contributed by atoms with E-state index in [0.29, 0.717) is 11.2 Å². The molecule has 15 heavy (non-hydrogen) atoms. The van der Waals surface area contributed by atoms with Crippen LogP contribution in [0.25, 0.3) is 0 Å². The van der Waals surface area contributed by atoms with Crippen LogP contribution in [0.2, 0.25) is 0 Å². The molecule has 0 aromatic rings. The molecule has 0 bridgehead atoms. The highest BCUT2D eigenvalue weighted by molar-refractivity contribution is 8.13. The highest BCUT2D eigenvalue weighted by Gasteiger charge is 2.22. The molecule has 0 saturated carbocycles. The van der Waals surface area contributed by atoms with Crippen molar-refractivity contribution in [3.8, 4) is 0 Å². The minimum absolute atomic E-state index is 0.228. The number of nitrogens with zero attached hydrogens (tertiary/aromatic N) is 2. The summed E-state index contributed by atoms with van der Waals surface area (Å²) in [5, 5.41) is 3.83. The van der Waals surface area contributed by atoms with E-state index in [1.807, 2.05) is 0 Å². The number of ether oxygens (including phenoxy) is 1. The number of hydrogen-bond acceptors (Lipinski definition) is 5. The molecule has 6 heteroatoms. The van der Waals surface area contributed by atoms with Crippen LogP contribution < -0.4 is 11.6 Å². The Hall–Kier alpha value is -0.460. The van der Waals surface area contributed by atoms with Crippen LogP contribution in [0.1, 0.15) is 13.8 Å². The monoisotopic (exact) mass is 232 g/mol. The maximum atomic E-state index is 5.64. The minimum atomic E-state index is 0.228. The molecular formula is C9H20N4OS. The van der Waals surface area contributed by atoms with Crippen LogP contribution in [0.4, 0.5) is 0 Å². The molecule has 1 atom stereocenters. The molecule has 0 aromatic heterocycles. The topological polar surface area (TPSA) is 76.9 Å². The normalized spacial score (nSPS) is 24.7. The molecule has 1 aliphatic rings. The van der Waals surface area contributed by atoms with E-state index in [1.54, 1.807) is 0 Å². The zero-order chi connectivity index (χ0) is 11.3. The summed E-state index contributed by atoms with van der Waals surface area (Å²) in [5.74, 6) is 5.87. The van der Waals surface area contributed by atoms with Gasteiger partial charge in [-0.2, -0.15) is 5.10 Å². The molecule has 88 valence electrons. The van der Waals surface area contributed by atoms with E-state index in [0.717, 1.165) is 25.4 Å². The molecule has 0 spiro atoms. The molecule has 1 saturated heterocycles. The van der Waals surface area contributed by atoms with Gasteiger partial charge in [0.25, 0.3) is 0 Å². The Morgan fingerprint density at radius 2 is 2.40 bits per heavy atom. The van der Waals surface area contributed by atoms with E-state index >= 15 is 0 Å². The van der Waals surface area contributed by atoms with Crippen LogP contribution in [-0.2, 0) is 4.74 Å². The number of thioether (sulfide) groups is 1.